The van der Waals surface area contributed by atoms with Crippen LogP contribution in [0.1, 0.15) is 23.2 Å². The molecule has 1 amide bonds. The van der Waals surface area contributed by atoms with Crippen LogP contribution in [0.4, 0.5) is 8.78 Å². The van der Waals surface area contributed by atoms with Gasteiger partial charge in [0.05, 0.1) is 12.2 Å². The summed E-state index contributed by atoms with van der Waals surface area (Å²) >= 11 is 0. The van der Waals surface area contributed by atoms with E-state index in [9.17, 15) is 23.5 Å². The van der Waals surface area contributed by atoms with Crippen LogP contribution in [0.2, 0.25) is 0 Å². The first kappa shape index (κ1) is 15.4. The van der Waals surface area contributed by atoms with E-state index in [0.717, 1.165) is 18.2 Å². The van der Waals surface area contributed by atoms with Gasteiger partial charge in [0.2, 0.25) is 0 Å². The van der Waals surface area contributed by atoms with E-state index in [1.807, 2.05) is 0 Å². The van der Waals surface area contributed by atoms with Crippen LogP contribution in [0.25, 0.3) is 0 Å². The predicted molar refractivity (Wildman–Crippen MR) is 68.8 cm³/mol. The van der Waals surface area contributed by atoms with Crippen LogP contribution < -0.4 is 5.32 Å². The first-order valence-corrected chi connectivity index (χ1v) is 6.55. The summed E-state index contributed by atoms with van der Waals surface area (Å²) in [5.74, 6) is -4.25. The van der Waals surface area contributed by atoms with Crippen LogP contribution in [0.3, 0.4) is 0 Å². The molecule has 0 spiro atoms. The van der Waals surface area contributed by atoms with Crippen molar-refractivity contribution in [3.63, 3.8) is 0 Å². The van der Waals surface area contributed by atoms with Crippen molar-refractivity contribution in [1.29, 1.82) is 0 Å². The third-order valence-electron chi connectivity index (χ3n) is 3.39. The minimum Gasteiger partial charge on any atom is -0.480 e. The quantitative estimate of drug-likeness (QED) is 0.885. The number of carbonyl (C=O) groups excluding carboxylic acids is 1. The van der Waals surface area contributed by atoms with Gasteiger partial charge in [0.15, 0.2) is 0 Å². The highest BCUT2D eigenvalue weighted by atomic mass is 19.1. The van der Waals surface area contributed by atoms with Gasteiger partial charge in [-0.15, -0.1) is 0 Å². The van der Waals surface area contributed by atoms with Gasteiger partial charge in [-0.25, -0.2) is 13.6 Å². The number of hydrogen-bond acceptors (Lipinski definition) is 3. The fourth-order valence-electron chi connectivity index (χ4n) is 2.30. The van der Waals surface area contributed by atoms with Crippen LogP contribution >= 0.6 is 0 Å². The Labute approximate surface area is 119 Å². The van der Waals surface area contributed by atoms with Crippen LogP contribution in [0.15, 0.2) is 18.2 Å². The number of carbonyl (C=O) groups is 2. The largest absolute Gasteiger partial charge is 0.480 e. The molecular formula is C14H15F2NO4. The van der Waals surface area contributed by atoms with Crippen LogP contribution in [-0.2, 0) is 9.53 Å². The zero-order valence-corrected chi connectivity index (χ0v) is 11.1. The van der Waals surface area contributed by atoms with Gasteiger partial charge in [-0.2, -0.15) is 0 Å². The second-order valence-electron chi connectivity index (χ2n) is 4.89. The molecule has 0 saturated carbocycles. The Morgan fingerprint density at radius 3 is 2.76 bits per heavy atom. The van der Waals surface area contributed by atoms with E-state index in [1.165, 1.54) is 0 Å². The van der Waals surface area contributed by atoms with Gasteiger partial charge >= 0.3 is 5.97 Å². The summed E-state index contributed by atoms with van der Waals surface area (Å²) in [6.45, 7) is 0.762. The van der Waals surface area contributed by atoms with Crippen molar-refractivity contribution in [2.45, 2.75) is 18.9 Å². The van der Waals surface area contributed by atoms with E-state index in [0.29, 0.717) is 19.4 Å². The summed E-state index contributed by atoms with van der Waals surface area (Å²) in [4.78, 5) is 23.2. The molecule has 2 N–H and O–H groups in total. The molecule has 114 valence electrons. The zero-order chi connectivity index (χ0) is 15.4. The third-order valence-corrected chi connectivity index (χ3v) is 3.39. The van der Waals surface area contributed by atoms with Crippen molar-refractivity contribution in [2.24, 2.45) is 5.92 Å². The molecule has 1 aromatic carbocycles. The molecule has 1 heterocycles. The molecule has 0 aliphatic carbocycles. The Morgan fingerprint density at radius 2 is 2.14 bits per heavy atom. The van der Waals surface area contributed by atoms with Crippen LogP contribution in [0, 0.1) is 17.6 Å². The number of rotatable bonds is 4. The lowest BCUT2D eigenvalue weighted by molar-refractivity contribution is -0.142. The Balaban J connectivity index is 2.14. The smallest absolute Gasteiger partial charge is 0.326 e. The van der Waals surface area contributed by atoms with Crippen molar-refractivity contribution in [3.8, 4) is 0 Å². The van der Waals surface area contributed by atoms with Gasteiger partial charge in [0.1, 0.15) is 17.7 Å². The lowest BCUT2D eigenvalue weighted by Crippen LogP contribution is -2.48. The fourth-order valence-corrected chi connectivity index (χ4v) is 2.30. The average Bonchev–Trinajstić information content (AvgIpc) is 2.47. The molecule has 21 heavy (non-hydrogen) atoms. The highest BCUT2D eigenvalue weighted by molar-refractivity contribution is 5.96. The standard InChI is InChI=1S/C14H15F2NO4/c15-9-3-4-11(16)10(6-9)13(18)17-12(14(19)20)8-2-1-5-21-7-8/h3-4,6,8,12H,1-2,5,7H2,(H,17,18)(H,19,20). The van der Waals surface area contributed by atoms with Crippen molar-refractivity contribution in [3.05, 3.63) is 35.4 Å². The summed E-state index contributed by atoms with van der Waals surface area (Å²) in [5.41, 5.74) is -0.516. The Bertz CT molecular complexity index is 544. The summed E-state index contributed by atoms with van der Waals surface area (Å²) in [5, 5.41) is 11.5. The van der Waals surface area contributed by atoms with Crippen molar-refractivity contribution in [1.82, 2.24) is 5.32 Å². The second-order valence-corrected chi connectivity index (χ2v) is 4.89. The first-order valence-electron chi connectivity index (χ1n) is 6.55. The Kier molecular flexibility index (Phi) is 4.85. The molecule has 1 aliphatic rings. The second kappa shape index (κ2) is 6.62. The average molecular weight is 299 g/mol. The maximum atomic E-state index is 13.5. The van der Waals surface area contributed by atoms with Crippen molar-refractivity contribution >= 4 is 11.9 Å². The SMILES string of the molecule is O=C(NC(C(=O)O)C1CCCOC1)c1cc(F)ccc1F. The summed E-state index contributed by atoms with van der Waals surface area (Å²) in [7, 11) is 0. The van der Waals surface area contributed by atoms with E-state index in [-0.39, 0.29) is 6.61 Å². The zero-order valence-electron chi connectivity index (χ0n) is 11.1. The van der Waals surface area contributed by atoms with Crippen LogP contribution in [-0.4, -0.2) is 36.2 Å². The number of carboxylic acid groups (broad SMARTS) is 1. The van der Waals surface area contributed by atoms with E-state index in [1.54, 1.807) is 0 Å². The number of aliphatic carboxylic acids is 1. The van der Waals surface area contributed by atoms with E-state index < -0.39 is 41.0 Å². The number of benzene rings is 1. The normalized spacial score (nSPS) is 19.8. The molecule has 0 bridgehead atoms. The highest BCUT2D eigenvalue weighted by Gasteiger charge is 2.32. The topological polar surface area (TPSA) is 75.6 Å². The Morgan fingerprint density at radius 1 is 1.38 bits per heavy atom. The maximum absolute atomic E-state index is 13.5. The van der Waals surface area contributed by atoms with E-state index in [2.05, 4.69) is 5.32 Å². The molecule has 2 atom stereocenters. The van der Waals surface area contributed by atoms with Gasteiger partial charge in [-0.1, -0.05) is 0 Å². The van der Waals surface area contributed by atoms with Gasteiger partial charge < -0.3 is 15.2 Å². The lowest BCUT2D eigenvalue weighted by Gasteiger charge is -2.28. The number of ether oxygens (including phenoxy) is 1. The molecule has 7 heteroatoms. The minimum atomic E-state index is -1.23. The number of halogens is 2. The molecule has 2 unspecified atom stereocenters. The third kappa shape index (κ3) is 3.75. The van der Waals surface area contributed by atoms with E-state index in [4.69, 9.17) is 4.74 Å². The maximum Gasteiger partial charge on any atom is 0.326 e. The summed E-state index contributed by atoms with van der Waals surface area (Å²) < 4.78 is 31.8. The number of hydrogen-bond donors (Lipinski definition) is 2. The van der Waals surface area contributed by atoms with Gasteiger partial charge in [0.25, 0.3) is 5.91 Å². The van der Waals surface area contributed by atoms with E-state index >= 15 is 0 Å². The summed E-state index contributed by atoms with van der Waals surface area (Å²) in [6.07, 6.45) is 1.28. The molecule has 1 fully saturated rings. The van der Waals surface area contributed by atoms with Gasteiger partial charge in [-0.05, 0) is 31.0 Å². The first-order chi connectivity index (χ1) is 9.99. The Hall–Kier alpha value is -2.02. The van der Waals surface area contributed by atoms with Gasteiger partial charge in [0, 0.05) is 12.5 Å². The number of nitrogens with one attached hydrogen (secondary N) is 1. The van der Waals surface area contributed by atoms with Gasteiger partial charge in [-0.3, -0.25) is 4.79 Å². The molecule has 1 saturated heterocycles. The molecule has 2 rings (SSSR count). The molecular weight excluding hydrogens is 284 g/mol. The molecule has 0 radical (unpaired) electrons. The number of amides is 1. The highest BCUT2D eigenvalue weighted by Crippen LogP contribution is 2.19. The van der Waals surface area contributed by atoms with Crippen molar-refractivity contribution in [2.75, 3.05) is 13.2 Å². The molecule has 1 aliphatic heterocycles. The summed E-state index contributed by atoms with van der Waals surface area (Å²) in [6, 6.07) is 1.25. The molecule has 5 nitrogen and oxygen atoms in total. The molecule has 1 aromatic rings. The molecule has 0 aromatic heterocycles. The lowest BCUT2D eigenvalue weighted by atomic mass is 9.93. The van der Waals surface area contributed by atoms with Crippen LogP contribution in [0.5, 0.6) is 0 Å². The number of carboxylic acids is 1. The monoisotopic (exact) mass is 299 g/mol. The predicted octanol–water partition coefficient (Wildman–Crippen LogP) is 1.57. The fraction of sp³-hybridized carbons (Fsp3) is 0.429. The minimum absolute atomic E-state index is 0.211. The van der Waals surface area contributed by atoms with Crippen molar-refractivity contribution < 1.29 is 28.2 Å².